The minimum atomic E-state index is 0.295. The molecule has 1 aromatic carbocycles. The van der Waals surface area contributed by atoms with Crippen molar-refractivity contribution in [1.82, 2.24) is 4.98 Å². The van der Waals surface area contributed by atoms with Crippen LogP contribution in [0.3, 0.4) is 0 Å². The molecule has 0 atom stereocenters. The SMILES string of the molecule is Cc1ccc(Oc2cncc(Cl)c2)c(C(N)=S)c1. The number of halogens is 1. The summed E-state index contributed by atoms with van der Waals surface area (Å²) in [5.74, 6) is 1.14. The third kappa shape index (κ3) is 2.97. The standard InChI is InChI=1S/C13H11ClN2OS/c1-8-2-3-12(11(4-8)13(15)18)17-10-5-9(14)6-16-7-10/h2-7H,1H3,(H2,15,18). The predicted octanol–water partition coefficient (Wildman–Crippen LogP) is 3.47. The number of benzene rings is 1. The maximum absolute atomic E-state index is 5.85. The van der Waals surface area contributed by atoms with Gasteiger partial charge in [-0.3, -0.25) is 4.98 Å². The summed E-state index contributed by atoms with van der Waals surface area (Å²) in [6.45, 7) is 1.96. The lowest BCUT2D eigenvalue weighted by Gasteiger charge is -2.10. The Kier molecular flexibility index (Phi) is 3.79. The van der Waals surface area contributed by atoms with E-state index in [0.717, 1.165) is 5.56 Å². The summed E-state index contributed by atoms with van der Waals surface area (Å²) in [4.78, 5) is 4.25. The van der Waals surface area contributed by atoms with Crippen LogP contribution >= 0.6 is 23.8 Å². The van der Waals surface area contributed by atoms with Gasteiger partial charge in [0.1, 0.15) is 16.5 Å². The zero-order valence-electron chi connectivity index (χ0n) is 9.68. The monoisotopic (exact) mass is 278 g/mol. The number of ether oxygens (including phenoxy) is 1. The molecule has 0 bridgehead atoms. The molecule has 2 aromatic rings. The number of nitrogens with zero attached hydrogens (tertiary/aromatic N) is 1. The van der Waals surface area contributed by atoms with Crippen molar-refractivity contribution in [2.24, 2.45) is 5.73 Å². The predicted molar refractivity (Wildman–Crippen MR) is 76.4 cm³/mol. The minimum absolute atomic E-state index is 0.295. The quantitative estimate of drug-likeness (QED) is 0.874. The highest BCUT2D eigenvalue weighted by Gasteiger charge is 2.08. The van der Waals surface area contributed by atoms with Crippen molar-refractivity contribution in [3.05, 3.63) is 52.8 Å². The lowest BCUT2D eigenvalue weighted by atomic mass is 10.1. The van der Waals surface area contributed by atoms with E-state index < -0.39 is 0 Å². The van der Waals surface area contributed by atoms with Gasteiger partial charge < -0.3 is 10.5 Å². The van der Waals surface area contributed by atoms with Crippen molar-refractivity contribution in [1.29, 1.82) is 0 Å². The van der Waals surface area contributed by atoms with Crippen LogP contribution in [-0.4, -0.2) is 9.97 Å². The normalized spacial score (nSPS) is 10.1. The molecule has 0 fully saturated rings. The van der Waals surface area contributed by atoms with Crippen LogP contribution in [0.25, 0.3) is 0 Å². The number of hydrogen-bond acceptors (Lipinski definition) is 3. The molecule has 5 heteroatoms. The molecule has 0 spiro atoms. The second-order valence-corrected chi connectivity index (χ2v) is 4.68. The maximum atomic E-state index is 5.85. The molecule has 3 nitrogen and oxygen atoms in total. The number of hydrogen-bond donors (Lipinski definition) is 1. The molecular weight excluding hydrogens is 268 g/mol. The molecule has 0 saturated carbocycles. The molecule has 0 unspecified atom stereocenters. The van der Waals surface area contributed by atoms with Crippen molar-refractivity contribution in [3.8, 4) is 11.5 Å². The van der Waals surface area contributed by atoms with Crippen LogP contribution in [0.2, 0.25) is 5.02 Å². The number of nitrogens with two attached hydrogens (primary N) is 1. The lowest BCUT2D eigenvalue weighted by molar-refractivity contribution is 0.479. The van der Waals surface area contributed by atoms with E-state index in [1.807, 2.05) is 25.1 Å². The smallest absolute Gasteiger partial charge is 0.147 e. The fraction of sp³-hybridized carbons (Fsp3) is 0.0769. The fourth-order valence-electron chi connectivity index (χ4n) is 1.50. The van der Waals surface area contributed by atoms with E-state index in [0.29, 0.717) is 27.1 Å². The van der Waals surface area contributed by atoms with Crippen LogP contribution in [0.5, 0.6) is 11.5 Å². The van der Waals surface area contributed by atoms with Crippen LogP contribution in [0, 0.1) is 6.92 Å². The second kappa shape index (κ2) is 5.33. The Balaban J connectivity index is 2.37. The molecule has 1 heterocycles. The van der Waals surface area contributed by atoms with Gasteiger partial charge in [0.15, 0.2) is 0 Å². The topological polar surface area (TPSA) is 48.1 Å². The summed E-state index contributed by atoms with van der Waals surface area (Å²) in [6.07, 6.45) is 3.12. The van der Waals surface area contributed by atoms with Gasteiger partial charge in [-0.05, 0) is 19.1 Å². The molecule has 0 saturated heterocycles. The molecule has 0 aliphatic rings. The van der Waals surface area contributed by atoms with Gasteiger partial charge in [0, 0.05) is 12.3 Å². The highest BCUT2D eigenvalue weighted by Crippen LogP contribution is 2.27. The zero-order valence-corrected chi connectivity index (χ0v) is 11.3. The average molecular weight is 279 g/mol. The highest BCUT2D eigenvalue weighted by molar-refractivity contribution is 7.80. The van der Waals surface area contributed by atoms with Crippen LogP contribution in [0.15, 0.2) is 36.7 Å². The number of aromatic nitrogens is 1. The van der Waals surface area contributed by atoms with Gasteiger partial charge in [-0.15, -0.1) is 0 Å². The zero-order chi connectivity index (χ0) is 13.1. The molecule has 0 amide bonds. The molecule has 0 aliphatic carbocycles. The summed E-state index contributed by atoms with van der Waals surface area (Å²) in [5, 5.41) is 0.511. The third-order valence-electron chi connectivity index (χ3n) is 2.31. The van der Waals surface area contributed by atoms with Gasteiger partial charge in [-0.2, -0.15) is 0 Å². The Morgan fingerprint density at radius 3 is 2.78 bits per heavy atom. The highest BCUT2D eigenvalue weighted by atomic mass is 35.5. The molecule has 1 aromatic heterocycles. The molecule has 92 valence electrons. The maximum Gasteiger partial charge on any atom is 0.147 e. The van der Waals surface area contributed by atoms with Crippen LogP contribution < -0.4 is 10.5 Å². The molecule has 0 aliphatic heterocycles. The summed E-state index contributed by atoms with van der Waals surface area (Å²) in [6, 6.07) is 7.31. The first kappa shape index (κ1) is 12.8. The van der Waals surface area contributed by atoms with Crippen molar-refractivity contribution in [2.45, 2.75) is 6.92 Å². The lowest BCUT2D eigenvalue weighted by Crippen LogP contribution is -2.11. The van der Waals surface area contributed by atoms with Crippen molar-refractivity contribution in [2.75, 3.05) is 0 Å². The first-order valence-electron chi connectivity index (χ1n) is 5.25. The van der Waals surface area contributed by atoms with E-state index in [1.54, 1.807) is 12.3 Å². The summed E-state index contributed by atoms with van der Waals surface area (Å²) in [5.41, 5.74) is 7.44. The molecule has 2 rings (SSSR count). The van der Waals surface area contributed by atoms with Gasteiger partial charge in [0.05, 0.1) is 16.8 Å². The Hall–Kier alpha value is -1.65. The van der Waals surface area contributed by atoms with Crippen molar-refractivity contribution >= 4 is 28.8 Å². The molecular formula is C13H11ClN2OS. The van der Waals surface area contributed by atoms with E-state index in [9.17, 15) is 0 Å². The number of aryl methyl sites for hydroxylation is 1. The first-order chi connectivity index (χ1) is 8.56. The Labute approximate surface area is 116 Å². The van der Waals surface area contributed by atoms with Gasteiger partial charge in [-0.25, -0.2) is 0 Å². The van der Waals surface area contributed by atoms with Crippen molar-refractivity contribution < 1.29 is 4.74 Å². The van der Waals surface area contributed by atoms with Crippen LogP contribution in [0.1, 0.15) is 11.1 Å². The summed E-state index contributed by atoms with van der Waals surface area (Å²) >= 11 is 10.9. The van der Waals surface area contributed by atoms with E-state index in [4.69, 9.17) is 34.3 Å². The Morgan fingerprint density at radius 1 is 1.33 bits per heavy atom. The van der Waals surface area contributed by atoms with E-state index in [2.05, 4.69) is 4.98 Å². The second-order valence-electron chi connectivity index (χ2n) is 3.80. The van der Waals surface area contributed by atoms with Gasteiger partial charge >= 0.3 is 0 Å². The molecule has 0 radical (unpaired) electrons. The largest absolute Gasteiger partial charge is 0.455 e. The molecule has 18 heavy (non-hydrogen) atoms. The Morgan fingerprint density at radius 2 is 2.11 bits per heavy atom. The fourth-order valence-corrected chi connectivity index (χ4v) is 1.82. The summed E-state index contributed by atoms with van der Waals surface area (Å²) < 4.78 is 5.69. The van der Waals surface area contributed by atoms with E-state index >= 15 is 0 Å². The first-order valence-corrected chi connectivity index (χ1v) is 6.04. The Bertz CT molecular complexity index is 601. The number of pyridine rings is 1. The number of thiocarbonyl (C=S) groups is 1. The minimum Gasteiger partial charge on any atom is -0.455 e. The van der Waals surface area contributed by atoms with Crippen LogP contribution in [0.4, 0.5) is 0 Å². The van der Waals surface area contributed by atoms with Gasteiger partial charge in [0.25, 0.3) is 0 Å². The van der Waals surface area contributed by atoms with Crippen molar-refractivity contribution in [3.63, 3.8) is 0 Å². The summed E-state index contributed by atoms with van der Waals surface area (Å²) in [7, 11) is 0. The number of rotatable bonds is 3. The van der Waals surface area contributed by atoms with Crippen LogP contribution in [-0.2, 0) is 0 Å². The van der Waals surface area contributed by atoms with E-state index in [-0.39, 0.29) is 0 Å². The van der Waals surface area contributed by atoms with Gasteiger partial charge in [0.2, 0.25) is 0 Å². The van der Waals surface area contributed by atoms with Gasteiger partial charge in [-0.1, -0.05) is 35.4 Å². The third-order valence-corrected chi connectivity index (χ3v) is 2.73. The van der Waals surface area contributed by atoms with E-state index in [1.165, 1.54) is 6.20 Å². The molecule has 2 N–H and O–H groups in total. The average Bonchev–Trinajstić information content (AvgIpc) is 2.31.